The smallest absolute Gasteiger partial charge is 0.261 e. The Balaban J connectivity index is 1.64. The molecule has 1 aliphatic rings. The Morgan fingerprint density at radius 2 is 2.11 bits per heavy atom. The van der Waals surface area contributed by atoms with Crippen LogP contribution in [-0.4, -0.2) is 53.2 Å². The van der Waals surface area contributed by atoms with Gasteiger partial charge in [-0.1, -0.05) is 13.8 Å². The minimum Gasteiger partial charge on any atom is -0.404 e. The summed E-state index contributed by atoms with van der Waals surface area (Å²) in [7, 11) is 0. The summed E-state index contributed by atoms with van der Waals surface area (Å²) in [6, 6.07) is 5.50. The van der Waals surface area contributed by atoms with Gasteiger partial charge in [-0.2, -0.15) is 0 Å². The third-order valence-corrected chi connectivity index (χ3v) is 5.78. The molecule has 1 saturated heterocycles. The Morgan fingerprint density at radius 3 is 2.77 bits per heavy atom. The predicted octanol–water partition coefficient (Wildman–Crippen LogP) is 3.65. The molecule has 1 aliphatic heterocycles. The molecule has 35 heavy (non-hydrogen) atoms. The average Bonchev–Trinajstić information content (AvgIpc) is 3.17. The molecule has 188 valence electrons. The Morgan fingerprint density at radius 1 is 1.31 bits per heavy atom. The lowest BCUT2D eigenvalue weighted by atomic mass is 10.0. The molecule has 0 unspecified atom stereocenters. The Labute approximate surface area is 204 Å². The van der Waals surface area contributed by atoms with Crippen molar-refractivity contribution in [3.05, 3.63) is 59.8 Å². The highest BCUT2D eigenvalue weighted by molar-refractivity contribution is 6.08. The second-order valence-electron chi connectivity index (χ2n) is 8.94. The van der Waals surface area contributed by atoms with E-state index in [-0.39, 0.29) is 18.9 Å². The molecule has 8 nitrogen and oxygen atoms in total. The van der Waals surface area contributed by atoms with Crippen LogP contribution in [0.5, 0.6) is 0 Å². The maximum atomic E-state index is 13.3. The largest absolute Gasteiger partial charge is 0.404 e. The van der Waals surface area contributed by atoms with Crippen LogP contribution in [0.15, 0.2) is 54.3 Å². The Hall–Kier alpha value is -3.53. The van der Waals surface area contributed by atoms with Crippen LogP contribution < -0.4 is 22.1 Å². The summed E-state index contributed by atoms with van der Waals surface area (Å²) >= 11 is 0. The molecule has 3 heterocycles. The quantitative estimate of drug-likeness (QED) is 0.187. The number of aromatic nitrogens is 2. The molecule has 1 fully saturated rings. The topological polar surface area (TPSA) is 129 Å². The summed E-state index contributed by atoms with van der Waals surface area (Å²) in [5, 5.41) is 14.0. The van der Waals surface area contributed by atoms with Gasteiger partial charge in [-0.15, -0.1) is 0 Å². The lowest BCUT2D eigenvalue weighted by Crippen LogP contribution is -2.27. The Bertz CT molecular complexity index is 1120. The molecular weight excluding hydrogens is 450 g/mol. The number of halogens is 2. The molecule has 7 N–H and O–H groups in total. The first kappa shape index (κ1) is 26.1. The molecule has 0 amide bonds. The number of hydrogen-bond acceptors (Lipinski definition) is 8. The van der Waals surface area contributed by atoms with Crippen LogP contribution in [0.4, 0.5) is 14.6 Å². The Kier molecular flexibility index (Phi) is 8.75. The zero-order valence-corrected chi connectivity index (χ0v) is 20.2. The second kappa shape index (κ2) is 11.7. The highest BCUT2D eigenvalue weighted by Crippen LogP contribution is 2.26. The number of anilines is 1. The van der Waals surface area contributed by atoms with Gasteiger partial charge in [-0.05, 0) is 48.4 Å². The first-order chi connectivity index (χ1) is 16.7. The fourth-order valence-corrected chi connectivity index (χ4v) is 3.80. The van der Waals surface area contributed by atoms with Crippen molar-refractivity contribution in [3.63, 3.8) is 0 Å². The second-order valence-corrected chi connectivity index (χ2v) is 8.94. The summed E-state index contributed by atoms with van der Waals surface area (Å²) < 4.78 is 26.6. The van der Waals surface area contributed by atoms with Crippen LogP contribution in [-0.2, 0) is 0 Å². The lowest BCUT2D eigenvalue weighted by Gasteiger charge is -2.15. The van der Waals surface area contributed by atoms with Gasteiger partial charge in [0.15, 0.2) is 0 Å². The molecule has 0 atom stereocenters. The van der Waals surface area contributed by atoms with E-state index < -0.39 is 5.92 Å². The van der Waals surface area contributed by atoms with Gasteiger partial charge in [0.1, 0.15) is 11.6 Å². The number of pyridine rings is 2. The number of rotatable bonds is 11. The zero-order valence-electron chi connectivity index (χ0n) is 20.2. The maximum absolute atomic E-state index is 13.3. The molecular formula is C25H34F2N8. The molecule has 0 radical (unpaired) electrons. The molecule has 0 aromatic carbocycles. The summed E-state index contributed by atoms with van der Waals surface area (Å²) in [4.78, 5) is 10.8. The minimum atomic E-state index is -2.56. The van der Waals surface area contributed by atoms with Gasteiger partial charge >= 0.3 is 0 Å². The number of allylic oxidation sites excluding steroid dienone is 3. The molecule has 0 aliphatic carbocycles. The molecule has 3 rings (SSSR count). The summed E-state index contributed by atoms with van der Waals surface area (Å²) in [6.45, 7) is 5.57. The molecule has 2 aromatic rings. The first-order valence-corrected chi connectivity index (χ1v) is 11.7. The van der Waals surface area contributed by atoms with Crippen LogP contribution >= 0.6 is 0 Å². The zero-order chi connectivity index (χ0) is 25.4. The predicted molar refractivity (Wildman–Crippen MR) is 138 cm³/mol. The third kappa shape index (κ3) is 7.48. The SMILES string of the molecule is CC(C)C(=C/N)/C=C(\N)Nc1ccc2ncc(/C(C=N)=C/NCCCN3CCC(F)(F)C3)cc2n1. The normalized spacial score (nSPS) is 17.2. The van der Waals surface area contributed by atoms with Gasteiger partial charge < -0.3 is 27.5 Å². The van der Waals surface area contributed by atoms with Crippen molar-refractivity contribution < 1.29 is 8.78 Å². The van der Waals surface area contributed by atoms with Gasteiger partial charge in [-0.25, -0.2) is 13.8 Å². The van der Waals surface area contributed by atoms with Gasteiger partial charge in [-0.3, -0.25) is 9.88 Å². The fourth-order valence-electron chi connectivity index (χ4n) is 3.80. The minimum absolute atomic E-state index is 0.0644. The van der Waals surface area contributed by atoms with Crippen molar-refractivity contribution in [2.45, 2.75) is 32.6 Å². The van der Waals surface area contributed by atoms with Crippen LogP contribution in [0.3, 0.4) is 0 Å². The van der Waals surface area contributed by atoms with Crippen LogP contribution in [0.2, 0.25) is 0 Å². The summed E-state index contributed by atoms with van der Waals surface area (Å²) in [5.74, 6) is -1.33. The maximum Gasteiger partial charge on any atom is 0.261 e. The lowest BCUT2D eigenvalue weighted by molar-refractivity contribution is 0.0122. The van der Waals surface area contributed by atoms with Crippen molar-refractivity contribution in [1.29, 1.82) is 5.41 Å². The van der Waals surface area contributed by atoms with Gasteiger partial charge in [0, 0.05) is 55.8 Å². The molecule has 10 heteroatoms. The van der Waals surface area contributed by atoms with Crippen LogP contribution in [0.25, 0.3) is 16.6 Å². The van der Waals surface area contributed by atoms with Crippen molar-refractivity contribution in [1.82, 2.24) is 20.2 Å². The van der Waals surface area contributed by atoms with Gasteiger partial charge in [0.25, 0.3) is 5.92 Å². The van der Waals surface area contributed by atoms with E-state index in [1.54, 1.807) is 29.4 Å². The number of nitrogens with zero attached hydrogens (tertiary/aromatic N) is 3. The molecule has 0 saturated carbocycles. The molecule has 2 aromatic heterocycles. The van der Waals surface area contributed by atoms with Crippen molar-refractivity contribution in [2.24, 2.45) is 17.4 Å². The van der Waals surface area contributed by atoms with E-state index in [4.69, 9.17) is 16.9 Å². The van der Waals surface area contributed by atoms with Gasteiger partial charge in [0.05, 0.1) is 17.6 Å². The van der Waals surface area contributed by atoms with Crippen LogP contribution in [0, 0.1) is 11.3 Å². The van der Waals surface area contributed by atoms with Crippen molar-refractivity contribution in [3.8, 4) is 0 Å². The standard InChI is InChI=1S/C25H34F2N8/c1-17(2)18(12-28)11-23(30)34-24-5-4-21-22(33-24)10-19(15-32-21)20(13-29)14-31-7-3-8-35-9-6-25(26,27)16-35/h4-5,10-15,17,29,31H,3,6-9,16,28,30H2,1-2H3,(H,33,34)/b18-12+,20-14+,23-11+,29-13?. The van der Waals surface area contributed by atoms with E-state index in [0.717, 1.165) is 17.6 Å². The van der Waals surface area contributed by atoms with E-state index in [1.807, 2.05) is 26.0 Å². The molecule has 0 bridgehead atoms. The van der Waals surface area contributed by atoms with E-state index in [0.29, 0.717) is 47.9 Å². The van der Waals surface area contributed by atoms with E-state index in [2.05, 4.69) is 20.6 Å². The number of hydrogen-bond donors (Lipinski definition) is 5. The number of nitrogens with one attached hydrogen (secondary N) is 3. The van der Waals surface area contributed by atoms with Crippen LogP contribution in [0.1, 0.15) is 32.3 Å². The highest BCUT2D eigenvalue weighted by atomic mass is 19.3. The number of fused-ring (bicyclic) bond motifs is 1. The summed E-state index contributed by atoms with van der Waals surface area (Å²) in [6.07, 6.45) is 8.66. The average molecular weight is 485 g/mol. The van der Waals surface area contributed by atoms with E-state index in [1.165, 1.54) is 12.4 Å². The monoisotopic (exact) mass is 484 g/mol. The van der Waals surface area contributed by atoms with E-state index >= 15 is 0 Å². The van der Waals surface area contributed by atoms with Gasteiger partial charge in [0.2, 0.25) is 0 Å². The number of alkyl halides is 2. The van der Waals surface area contributed by atoms with Crippen molar-refractivity contribution in [2.75, 3.05) is 31.5 Å². The summed E-state index contributed by atoms with van der Waals surface area (Å²) in [5.41, 5.74) is 15.4. The van der Waals surface area contributed by atoms with Crippen molar-refractivity contribution >= 4 is 28.6 Å². The first-order valence-electron chi connectivity index (χ1n) is 11.7. The highest BCUT2D eigenvalue weighted by Gasteiger charge is 2.37. The number of likely N-dealkylation sites (tertiary alicyclic amines) is 1. The molecule has 0 spiro atoms. The fraction of sp³-hybridized carbons (Fsp3) is 0.400. The number of nitrogens with two attached hydrogens (primary N) is 2. The third-order valence-electron chi connectivity index (χ3n) is 5.78. The van der Waals surface area contributed by atoms with E-state index in [9.17, 15) is 8.78 Å².